The van der Waals surface area contributed by atoms with Crippen LogP contribution in [0.4, 0.5) is 5.69 Å². The van der Waals surface area contributed by atoms with E-state index in [1.807, 2.05) is 6.07 Å². The molecule has 100 valence electrons. The third-order valence-electron chi connectivity index (χ3n) is 3.65. The summed E-state index contributed by atoms with van der Waals surface area (Å²) in [7, 11) is 0. The molecule has 0 unspecified atom stereocenters. The van der Waals surface area contributed by atoms with Crippen molar-refractivity contribution < 1.29 is 4.74 Å². The number of nitrogens with one attached hydrogen (secondary N) is 1. The van der Waals surface area contributed by atoms with Crippen LogP contribution in [0.2, 0.25) is 0 Å². The van der Waals surface area contributed by atoms with Gasteiger partial charge in [-0.1, -0.05) is 38.3 Å². The van der Waals surface area contributed by atoms with Crippen molar-refractivity contribution in [1.82, 2.24) is 0 Å². The number of hydrogen-bond donors (Lipinski definition) is 1. The van der Waals surface area contributed by atoms with Gasteiger partial charge in [-0.05, 0) is 37.3 Å². The van der Waals surface area contributed by atoms with Crippen LogP contribution in [-0.2, 0) is 0 Å². The molecule has 0 spiro atoms. The van der Waals surface area contributed by atoms with Gasteiger partial charge in [0.05, 0.1) is 12.3 Å². The molecule has 0 bridgehead atoms. The zero-order valence-corrected chi connectivity index (χ0v) is 11.5. The maximum absolute atomic E-state index is 5.76. The molecule has 18 heavy (non-hydrogen) atoms. The van der Waals surface area contributed by atoms with Crippen molar-refractivity contribution in [2.75, 3.05) is 18.5 Å². The van der Waals surface area contributed by atoms with Crippen molar-refractivity contribution in [3.8, 4) is 5.75 Å². The van der Waals surface area contributed by atoms with Crippen molar-refractivity contribution in [2.45, 2.75) is 45.4 Å². The van der Waals surface area contributed by atoms with Crippen LogP contribution < -0.4 is 10.1 Å². The Morgan fingerprint density at radius 3 is 2.72 bits per heavy atom. The van der Waals surface area contributed by atoms with Crippen LogP contribution in [0, 0.1) is 5.92 Å². The lowest BCUT2D eigenvalue weighted by Gasteiger charge is -2.23. The van der Waals surface area contributed by atoms with Gasteiger partial charge in [-0.2, -0.15) is 0 Å². The Balaban J connectivity index is 1.87. The number of ether oxygens (including phenoxy) is 1. The molecule has 0 aliphatic heterocycles. The Morgan fingerprint density at radius 2 is 1.94 bits per heavy atom. The summed E-state index contributed by atoms with van der Waals surface area (Å²) in [5, 5.41) is 3.57. The normalized spacial score (nSPS) is 16.5. The minimum absolute atomic E-state index is 0.794. The second kappa shape index (κ2) is 7.30. The van der Waals surface area contributed by atoms with Gasteiger partial charge >= 0.3 is 0 Å². The van der Waals surface area contributed by atoms with Crippen molar-refractivity contribution in [3.63, 3.8) is 0 Å². The van der Waals surface area contributed by atoms with Gasteiger partial charge in [0.1, 0.15) is 5.75 Å². The fraction of sp³-hybridized carbons (Fsp3) is 0.625. The van der Waals surface area contributed by atoms with Crippen LogP contribution in [0.5, 0.6) is 5.75 Å². The molecule has 1 aliphatic carbocycles. The Hall–Kier alpha value is -1.18. The van der Waals surface area contributed by atoms with Crippen LogP contribution in [0.25, 0.3) is 0 Å². The molecule has 0 saturated heterocycles. The SMILES string of the molecule is CCCOc1ccccc1NCC1CCCCC1. The summed E-state index contributed by atoms with van der Waals surface area (Å²) >= 11 is 0. The molecule has 0 amide bonds. The lowest BCUT2D eigenvalue weighted by atomic mass is 9.89. The highest BCUT2D eigenvalue weighted by molar-refractivity contribution is 5.56. The van der Waals surface area contributed by atoms with Gasteiger partial charge in [-0.15, -0.1) is 0 Å². The highest BCUT2D eigenvalue weighted by atomic mass is 16.5. The first-order chi connectivity index (χ1) is 8.90. The van der Waals surface area contributed by atoms with E-state index in [4.69, 9.17) is 4.74 Å². The summed E-state index contributed by atoms with van der Waals surface area (Å²) in [5.74, 6) is 1.84. The van der Waals surface area contributed by atoms with E-state index in [1.54, 1.807) is 0 Å². The summed E-state index contributed by atoms with van der Waals surface area (Å²) in [5.41, 5.74) is 1.15. The fourth-order valence-corrected chi connectivity index (χ4v) is 2.60. The first-order valence-corrected chi connectivity index (χ1v) is 7.36. The average Bonchev–Trinajstić information content (AvgIpc) is 2.45. The number of hydrogen-bond acceptors (Lipinski definition) is 2. The third-order valence-corrected chi connectivity index (χ3v) is 3.65. The van der Waals surface area contributed by atoms with Crippen LogP contribution in [0.1, 0.15) is 45.4 Å². The molecule has 1 fully saturated rings. The van der Waals surface area contributed by atoms with E-state index in [1.165, 1.54) is 32.1 Å². The van der Waals surface area contributed by atoms with Crippen LogP contribution in [0.15, 0.2) is 24.3 Å². The van der Waals surface area contributed by atoms with Gasteiger partial charge < -0.3 is 10.1 Å². The molecular weight excluding hydrogens is 222 g/mol. The fourth-order valence-electron chi connectivity index (χ4n) is 2.60. The largest absolute Gasteiger partial charge is 0.491 e. The highest BCUT2D eigenvalue weighted by Gasteiger charge is 2.13. The number of rotatable bonds is 6. The number of para-hydroxylation sites is 2. The van der Waals surface area contributed by atoms with Gasteiger partial charge in [0.25, 0.3) is 0 Å². The summed E-state index contributed by atoms with van der Waals surface area (Å²) in [6, 6.07) is 8.28. The minimum atomic E-state index is 0.794. The molecule has 1 aromatic carbocycles. The minimum Gasteiger partial charge on any atom is -0.491 e. The van der Waals surface area contributed by atoms with E-state index in [2.05, 4.69) is 30.4 Å². The zero-order valence-electron chi connectivity index (χ0n) is 11.5. The van der Waals surface area contributed by atoms with E-state index in [-0.39, 0.29) is 0 Å². The Morgan fingerprint density at radius 1 is 1.17 bits per heavy atom. The molecule has 0 aromatic heterocycles. The monoisotopic (exact) mass is 247 g/mol. The maximum atomic E-state index is 5.76. The number of benzene rings is 1. The third kappa shape index (κ3) is 3.94. The summed E-state index contributed by atoms with van der Waals surface area (Å²) in [4.78, 5) is 0. The van der Waals surface area contributed by atoms with E-state index >= 15 is 0 Å². The predicted octanol–water partition coefficient (Wildman–Crippen LogP) is 4.47. The van der Waals surface area contributed by atoms with E-state index in [0.29, 0.717) is 0 Å². The van der Waals surface area contributed by atoms with Crippen LogP contribution >= 0.6 is 0 Å². The molecule has 2 rings (SSSR count). The van der Waals surface area contributed by atoms with Crippen molar-refractivity contribution >= 4 is 5.69 Å². The summed E-state index contributed by atoms with van der Waals surface area (Å²) < 4.78 is 5.76. The van der Waals surface area contributed by atoms with Crippen molar-refractivity contribution in [3.05, 3.63) is 24.3 Å². The molecular formula is C16H25NO. The Labute approximate surface area is 111 Å². The van der Waals surface area contributed by atoms with E-state index in [9.17, 15) is 0 Å². The van der Waals surface area contributed by atoms with Gasteiger partial charge in [-0.3, -0.25) is 0 Å². The topological polar surface area (TPSA) is 21.3 Å². The quantitative estimate of drug-likeness (QED) is 0.801. The molecule has 1 aliphatic rings. The summed E-state index contributed by atoms with van der Waals surface area (Å²) in [6.45, 7) is 4.02. The zero-order chi connectivity index (χ0) is 12.6. The van der Waals surface area contributed by atoms with Crippen LogP contribution in [-0.4, -0.2) is 13.2 Å². The Bertz CT molecular complexity index is 345. The highest BCUT2D eigenvalue weighted by Crippen LogP contribution is 2.27. The molecule has 1 N–H and O–H groups in total. The molecule has 2 nitrogen and oxygen atoms in total. The van der Waals surface area contributed by atoms with Gasteiger partial charge in [0, 0.05) is 6.54 Å². The molecule has 1 aromatic rings. The second-order valence-electron chi connectivity index (χ2n) is 5.23. The second-order valence-corrected chi connectivity index (χ2v) is 5.23. The summed E-state index contributed by atoms with van der Waals surface area (Å²) in [6.07, 6.45) is 8.04. The molecule has 0 radical (unpaired) electrons. The smallest absolute Gasteiger partial charge is 0.142 e. The molecule has 1 saturated carbocycles. The van der Waals surface area contributed by atoms with Gasteiger partial charge in [-0.25, -0.2) is 0 Å². The van der Waals surface area contributed by atoms with Crippen LogP contribution in [0.3, 0.4) is 0 Å². The molecule has 0 atom stereocenters. The predicted molar refractivity (Wildman–Crippen MR) is 77.3 cm³/mol. The Kier molecular flexibility index (Phi) is 5.37. The number of anilines is 1. The van der Waals surface area contributed by atoms with E-state index in [0.717, 1.165) is 36.9 Å². The van der Waals surface area contributed by atoms with Gasteiger partial charge in [0.15, 0.2) is 0 Å². The molecule has 2 heteroatoms. The lowest BCUT2D eigenvalue weighted by molar-refractivity contribution is 0.318. The van der Waals surface area contributed by atoms with E-state index < -0.39 is 0 Å². The van der Waals surface area contributed by atoms with Crippen molar-refractivity contribution in [2.24, 2.45) is 5.92 Å². The lowest BCUT2D eigenvalue weighted by Crippen LogP contribution is -2.17. The first-order valence-electron chi connectivity index (χ1n) is 7.36. The first kappa shape index (κ1) is 13.3. The maximum Gasteiger partial charge on any atom is 0.142 e. The standard InChI is InChI=1S/C16H25NO/c1-2-12-18-16-11-7-6-10-15(16)17-13-14-8-4-3-5-9-14/h6-7,10-11,14,17H,2-5,8-9,12-13H2,1H3. The van der Waals surface area contributed by atoms with Crippen molar-refractivity contribution in [1.29, 1.82) is 0 Å². The molecule has 0 heterocycles. The van der Waals surface area contributed by atoms with Gasteiger partial charge in [0.2, 0.25) is 0 Å². The average molecular weight is 247 g/mol.